The minimum atomic E-state index is -0.150. The average molecular weight is 343 g/mol. The number of likely N-dealkylation sites (tertiary alicyclic amines) is 1. The first kappa shape index (κ1) is 15.7. The number of benzene rings is 1. The van der Waals surface area contributed by atoms with Crippen LogP contribution in [0.4, 0.5) is 5.82 Å². The van der Waals surface area contributed by atoms with Crippen molar-refractivity contribution in [2.75, 3.05) is 32.0 Å². The molecule has 132 valence electrons. The number of carbonyl (C=O) groups excluding carboxylic acids is 1. The molecule has 25 heavy (non-hydrogen) atoms. The van der Waals surface area contributed by atoms with Gasteiger partial charge in [-0.15, -0.1) is 5.10 Å². The molecule has 1 aromatic carbocycles. The van der Waals surface area contributed by atoms with Crippen molar-refractivity contribution in [2.24, 2.45) is 0 Å². The number of rotatable bonds is 2. The first-order valence-electron chi connectivity index (χ1n) is 8.64. The van der Waals surface area contributed by atoms with Gasteiger partial charge in [-0.25, -0.2) is 0 Å². The molecule has 0 atom stereocenters. The topological polar surface area (TPSA) is 95.5 Å². The third-order valence-corrected chi connectivity index (χ3v) is 4.57. The zero-order valence-electron chi connectivity index (χ0n) is 14.0. The predicted molar refractivity (Wildman–Crippen MR) is 91.1 cm³/mol. The van der Waals surface area contributed by atoms with E-state index in [-0.39, 0.29) is 17.4 Å². The number of nitrogens with zero attached hydrogens (tertiary/aromatic N) is 4. The molecule has 0 radical (unpaired) electrons. The number of fused-ring (bicyclic) bond motifs is 1. The van der Waals surface area contributed by atoms with E-state index in [0.29, 0.717) is 30.4 Å². The molecule has 1 fully saturated rings. The van der Waals surface area contributed by atoms with Crippen LogP contribution in [0, 0.1) is 0 Å². The van der Waals surface area contributed by atoms with Crippen LogP contribution < -0.4 is 15.2 Å². The summed E-state index contributed by atoms with van der Waals surface area (Å²) >= 11 is 0. The summed E-state index contributed by atoms with van der Waals surface area (Å²) in [6.45, 7) is 2.53. The van der Waals surface area contributed by atoms with Gasteiger partial charge in [0.1, 0.15) is 13.2 Å². The lowest BCUT2D eigenvalue weighted by Crippen LogP contribution is -2.32. The van der Waals surface area contributed by atoms with Gasteiger partial charge in [-0.1, -0.05) is 18.1 Å². The Morgan fingerprint density at radius 2 is 1.76 bits per heavy atom. The normalized spacial score (nSPS) is 17.2. The van der Waals surface area contributed by atoms with Crippen molar-refractivity contribution in [3.8, 4) is 17.2 Å². The number of hydrogen-bond donors (Lipinski definition) is 1. The van der Waals surface area contributed by atoms with Gasteiger partial charge in [0.25, 0.3) is 5.91 Å². The fraction of sp³-hybridized carbons (Fsp3) is 0.471. The molecule has 1 aromatic heterocycles. The number of nitrogen functional groups attached to an aromatic ring is 1. The van der Waals surface area contributed by atoms with Crippen LogP contribution in [0.5, 0.6) is 11.5 Å². The average Bonchev–Trinajstić information content (AvgIpc) is 2.85. The molecular formula is C17H21N5O3. The summed E-state index contributed by atoms with van der Waals surface area (Å²) in [6.07, 6.45) is 4.34. The molecule has 1 amide bonds. The molecule has 0 unspecified atom stereocenters. The van der Waals surface area contributed by atoms with E-state index in [2.05, 4.69) is 10.3 Å². The van der Waals surface area contributed by atoms with E-state index in [1.54, 1.807) is 12.1 Å². The fourth-order valence-electron chi connectivity index (χ4n) is 3.22. The molecule has 0 spiro atoms. The van der Waals surface area contributed by atoms with Gasteiger partial charge in [-0.3, -0.25) is 4.79 Å². The van der Waals surface area contributed by atoms with Crippen LogP contribution in [0.1, 0.15) is 36.2 Å². The van der Waals surface area contributed by atoms with Crippen LogP contribution in [0.3, 0.4) is 0 Å². The van der Waals surface area contributed by atoms with E-state index in [1.807, 2.05) is 11.0 Å². The van der Waals surface area contributed by atoms with Crippen LogP contribution in [-0.4, -0.2) is 52.1 Å². The zero-order chi connectivity index (χ0) is 17.2. The number of hydrogen-bond acceptors (Lipinski definition) is 6. The molecular weight excluding hydrogens is 322 g/mol. The maximum absolute atomic E-state index is 12.7. The Morgan fingerprint density at radius 3 is 2.52 bits per heavy atom. The van der Waals surface area contributed by atoms with Gasteiger partial charge in [-0.05, 0) is 25.0 Å². The molecule has 3 heterocycles. The van der Waals surface area contributed by atoms with Crippen molar-refractivity contribution >= 4 is 11.7 Å². The van der Waals surface area contributed by atoms with Crippen molar-refractivity contribution in [3.63, 3.8) is 0 Å². The molecule has 2 aromatic rings. The monoisotopic (exact) mass is 343 g/mol. The van der Waals surface area contributed by atoms with Crippen molar-refractivity contribution < 1.29 is 14.3 Å². The summed E-state index contributed by atoms with van der Waals surface area (Å²) in [5.74, 6) is 1.42. The summed E-state index contributed by atoms with van der Waals surface area (Å²) in [5, 5.41) is 8.11. The van der Waals surface area contributed by atoms with E-state index in [1.165, 1.54) is 4.68 Å². The van der Waals surface area contributed by atoms with Gasteiger partial charge in [0, 0.05) is 19.2 Å². The summed E-state index contributed by atoms with van der Waals surface area (Å²) in [4.78, 5) is 14.6. The summed E-state index contributed by atoms with van der Waals surface area (Å²) in [5.41, 5.74) is 7.07. The number of nitrogens with two attached hydrogens (primary N) is 1. The number of anilines is 1. The van der Waals surface area contributed by atoms with E-state index in [4.69, 9.17) is 15.2 Å². The first-order valence-corrected chi connectivity index (χ1v) is 8.64. The standard InChI is InChI=1S/C17H21N5O3/c18-16-15(17(23)21-7-3-1-2-4-8-21)19-20-22(16)12-5-6-13-14(11-12)25-10-9-24-13/h5-6,11H,1-4,7-10,18H2. The Kier molecular flexibility index (Phi) is 4.17. The fourth-order valence-corrected chi connectivity index (χ4v) is 3.22. The molecule has 2 aliphatic rings. The SMILES string of the molecule is Nc1c(C(=O)N2CCCCCC2)nnn1-c1ccc2c(c1)OCCO2. The van der Waals surface area contributed by atoms with Crippen LogP contribution in [-0.2, 0) is 0 Å². The second-order valence-electron chi connectivity index (χ2n) is 6.27. The molecule has 0 saturated carbocycles. The van der Waals surface area contributed by atoms with Gasteiger partial charge in [0.2, 0.25) is 0 Å². The van der Waals surface area contributed by atoms with Gasteiger partial charge in [0.05, 0.1) is 5.69 Å². The molecule has 2 N–H and O–H groups in total. The number of carbonyl (C=O) groups is 1. The van der Waals surface area contributed by atoms with Crippen molar-refractivity contribution in [2.45, 2.75) is 25.7 Å². The Balaban J connectivity index is 1.61. The summed E-state index contributed by atoms with van der Waals surface area (Å²) in [7, 11) is 0. The number of aromatic nitrogens is 3. The zero-order valence-corrected chi connectivity index (χ0v) is 14.0. The van der Waals surface area contributed by atoms with E-state index in [9.17, 15) is 4.79 Å². The smallest absolute Gasteiger partial charge is 0.278 e. The van der Waals surface area contributed by atoms with Gasteiger partial charge >= 0.3 is 0 Å². The second-order valence-corrected chi connectivity index (χ2v) is 6.27. The lowest BCUT2D eigenvalue weighted by atomic mass is 10.2. The minimum absolute atomic E-state index is 0.150. The Hall–Kier alpha value is -2.77. The highest BCUT2D eigenvalue weighted by Crippen LogP contribution is 2.32. The third kappa shape index (κ3) is 2.99. The highest BCUT2D eigenvalue weighted by Gasteiger charge is 2.25. The molecule has 4 rings (SSSR count). The highest BCUT2D eigenvalue weighted by atomic mass is 16.6. The van der Waals surface area contributed by atoms with Crippen LogP contribution in [0.25, 0.3) is 5.69 Å². The quantitative estimate of drug-likeness (QED) is 0.890. The van der Waals surface area contributed by atoms with Crippen molar-refractivity contribution in [3.05, 3.63) is 23.9 Å². The van der Waals surface area contributed by atoms with Crippen molar-refractivity contribution in [1.82, 2.24) is 19.9 Å². The first-order chi connectivity index (χ1) is 12.2. The summed E-state index contributed by atoms with van der Waals surface area (Å²) in [6, 6.07) is 5.42. The van der Waals surface area contributed by atoms with E-state index >= 15 is 0 Å². The maximum Gasteiger partial charge on any atom is 0.278 e. The highest BCUT2D eigenvalue weighted by molar-refractivity contribution is 5.96. The molecule has 1 saturated heterocycles. The van der Waals surface area contributed by atoms with E-state index in [0.717, 1.165) is 38.8 Å². The molecule has 8 nitrogen and oxygen atoms in total. The van der Waals surface area contributed by atoms with Crippen molar-refractivity contribution in [1.29, 1.82) is 0 Å². The van der Waals surface area contributed by atoms with Crippen LogP contribution in [0.2, 0.25) is 0 Å². The van der Waals surface area contributed by atoms with Crippen LogP contribution >= 0.6 is 0 Å². The predicted octanol–water partition coefficient (Wildman–Crippen LogP) is 1.64. The maximum atomic E-state index is 12.7. The van der Waals surface area contributed by atoms with Gasteiger partial charge in [0.15, 0.2) is 23.0 Å². The molecule has 0 aliphatic carbocycles. The summed E-state index contributed by atoms with van der Waals surface area (Å²) < 4.78 is 12.6. The van der Waals surface area contributed by atoms with E-state index < -0.39 is 0 Å². The van der Waals surface area contributed by atoms with Gasteiger partial charge < -0.3 is 20.1 Å². The Bertz CT molecular complexity index is 781. The lowest BCUT2D eigenvalue weighted by molar-refractivity contribution is 0.0756. The number of ether oxygens (including phenoxy) is 2. The lowest BCUT2D eigenvalue weighted by Gasteiger charge is -2.19. The van der Waals surface area contributed by atoms with Crippen LogP contribution in [0.15, 0.2) is 18.2 Å². The molecule has 2 aliphatic heterocycles. The number of amides is 1. The third-order valence-electron chi connectivity index (χ3n) is 4.57. The minimum Gasteiger partial charge on any atom is -0.486 e. The molecule has 0 bridgehead atoms. The van der Waals surface area contributed by atoms with Gasteiger partial charge in [-0.2, -0.15) is 4.68 Å². The second kappa shape index (κ2) is 6.62. The largest absolute Gasteiger partial charge is 0.486 e. The Labute approximate surface area is 145 Å². The molecule has 8 heteroatoms. The Morgan fingerprint density at radius 1 is 1.04 bits per heavy atom.